The molecule has 0 saturated heterocycles. The van der Waals surface area contributed by atoms with Crippen LogP contribution in [0.2, 0.25) is 0 Å². The summed E-state index contributed by atoms with van der Waals surface area (Å²) in [6.45, 7) is 0.876. The fraction of sp³-hybridized carbons (Fsp3) is 1.00. The second-order valence-electron chi connectivity index (χ2n) is 5.91. The Morgan fingerprint density at radius 2 is 1.18 bits per heavy atom. The van der Waals surface area contributed by atoms with Crippen molar-refractivity contribution in [2.45, 2.75) is 89.9 Å². The van der Waals surface area contributed by atoms with Gasteiger partial charge in [-0.2, -0.15) is 0 Å². The summed E-state index contributed by atoms with van der Waals surface area (Å²) < 4.78 is 0. The summed E-state index contributed by atoms with van der Waals surface area (Å²) in [5, 5.41) is 0. The predicted molar refractivity (Wildman–Crippen MR) is 77.2 cm³/mol. The monoisotopic (exact) mass is 239 g/mol. The van der Waals surface area contributed by atoms with Crippen LogP contribution in [0.4, 0.5) is 0 Å². The lowest BCUT2D eigenvalue weighted by Crippen LogP contribution is -2.05. The average Bonchev–Trinajstić information content (AvgIpc) is 2.38. The van der Waals surface area contributed by atoms with Crippen molar-refractivity contribution in [1.82, 2.24) is 0 Å². The van der Waals surface area contributed by atoms with Gasteiger partial charge in [0.2, 0.25) is 0 Å². The Morgan fingerprint density at radius 1 is 0.647 bits per heavy atom. The van der Waals surface area contributed by atoms with Gasteiger partial charge in [-0.1, -0.05) is 83.5 Å². The van der Waals surface area contributed by atoms with E-state index in [-0.39, 0.29) is 0 Å². The minimum absolute atomic E-state index is 0.876. The van der Waals surface area contributed by atoms with E-state index < -0.39 is 0 Å². The average molecular weight is 239 g/mol. The molecule has 0 aromatic heterocycles. The third-order valence-corrected chi connectivity index (χ3v) is 4.29. The van der Waals surface area contributed by atoms with Gasteiger partial charge in [0.1, 0.15) is 0 Å². The molecule has 1 aliphatic carbocycles. The molecule has 0 bridgehead atoms. The van der Waals surface area contributed by atoms with Crippen LogP contribution >= 0.6 is 0 Å². The van der Waals surface area contributed by atoms with Crippen LogP contribution in [0.1, 0.15) is 89.9 Å². The zero-order valence-corrected chi connectivity index (χ0v) is 11.8. The largest absolute Gasteiger partial charge is 0.330 e. The van der Waals surface area contributed by atoms with Crippen LogP contribution in [0.3, 0.4) is 0 Å². The lowest BCUT2D eigenvalue weighted by Gasteiger charge is -2.21. The summed E-state index contributed by atoms with van der Waals surface area (Å²) in [5.41, 5.74) is 5.48. The van der Waals surface area contributed by atoms with E-state index in [0.717, 1.165) is 12.5 Å². The van der Waals surface area contributed by atoms with Crippen molar-refractivity contribution in [3.63, 3.8) is 0 Å². The Labute approximate surface area is 109 Å². The molecule has 1 heteroatoms. The van der Waals surface area contributed by atoms with Crippen LogP contribution < -0.4 is 5.73 Å². The van der Waals surface area contributed by atoms with Crippen LogP contribution in [-0.4, -0.2) is 6.54 Å². The van der Waals surface area contributed by atoms with Crippen LogP contribution in [0.5, 0.6) is 0 Å². The standard InChI is InChI=1S/C16H33N/c17-15-11-6-4-2-1-3-5-8-12-16-13-9-7-10-14-16/h16H,1-15,17H2. The maximum absolute atomic E-state index is 5.48. The Balaban J connectivity index is 1.75. The molecule has 0 unspecified atom stereocenters. The molecule has 0 radical (unpaired) electrons. The van der Waals surface area contributed by atoms with Crippen LogP contribution in [-0.2, 0) is 0 Å². The molecule has 17 heavy (non-hydrogen) atoms. The lowest BCUT2D eigenvalue weighted by molar-refractivity contribution is 0.328. The smallest absolute Gasteiger partial charge is 0.00773 e. The van der Waals surface area contributed by atoms with Crippen LogP contribution in [0.15, 0.2) is 0 Å². The van der Waals surface area contributed by atoms with Gasteiger partial charge in [-0.05, 0) is 18.9 Å². The maximum Gasteiger partial charge on any atom is -0.00773 e. The third-order valence-electron chi connectivity index (χ3n) is 4.29. The molecule has 1 rings (SSSR count). The van der Waals surface area contributed by atoms with Crippen molar-refractivity contribution in [3.8, 4) is 0 Å². The molecule has 1 nitrogen and oxygen atoms in total. The quantitative estimate of drug-likeness (QED) is 0.531. The van der Waals surface area contributed by atoms with Crippen LogP contribution in [0, 0.1) is 5.92 Å². The Kier molecular flexibility index (Phi) is 9.78. The van der Waals surface area contributed by atoms with Gasteiger partial charge >= 0.3 is 0 Å². The number of unbranched alkanes of at least 4 members (excludes halogenated alkanes) is 7. The van der Waals surface area contributed by atoms with Gasteiger partial charge in [-0.15, -0.1) is 0 Å². The third kappa shape index (κ3) is 8.65. The first kappa shape index (κ1) is 15.0. The molecule has 1 fully saturated rings. The van der Waals surface area contributed by atoms with E-state index in [1.165, 1.54) is 89.9 Å². The molecule has 0 heterocycles. The summed E-state index contributed by atoms with van der Waals surface area (Å²) in [5.74, 6) is 1.09. The van der Waals surface area contributed by atoms with Crippen molar-refractivity contribution in [2.24, 2.45) is 11.7 Å². The highest BCUT2D eigenvalue weighted by Gasteiger charge is 2.12. The number of hydrogen-bond acceptors (Lipinski definition) is 1. The first-order chi connectivity index (χ1) is 8.43. The van der Waals surface area contributed by atoms with Crippen molar-refractivity contribution in [3.05, 3.63) is 0 Å². The van der Waals surface area contributed by atoms with Gasteiger partial charge in [0.15, 0.2) is 0 Å². The molecule has 2 N–H and O–H groups in total. The topological polar surface area (TPSA) is 26.0 Å². The minimum Gasteiger partial charge on any atom is -0.330 e. The predicted octanol–water partition coefficient (Wildman–Crippen LogP) is 5.04. The summed E-state index contributed by atoms with van der Waals surface area (Å²) in [4.78, 5) is 0. The molecular formula is C16H33N. The molecule has 1 aliphatic rings. The molecular weight excluding hydrogens is 206 g/mol. The van der Waals surface area contributed by atoms with E-state index in [9.17, 15) is 0 Å². The molecule has 0 spiro atoms. The first-order valence-corrected chi connectivity index (χ1v) is 8.13. The zero-order chi connectivity index (χ0) is 12.2. The highest BCUT2D eigenvalue weighted by atomic mass is 14.5. The van der Waals surface area contributed by atoms with Gasteiger partial charge in [0.05, 0.1) is 0 Å². The highest BCUT2D eigenvalue weighted by molar-refractivity contribution is 4.65. The zero-order valence-electron chi connectivity index (χ0n) is 11.8. The molecule has 0 atom stereocenters. The van der Waals surface area contributed by atoms with E-state index in [1.54, 1.807) is 0 Å². The SMILES string of the molecule is NCCCCCCCCCCC1CCCCC1. The Bertz CT molecular complexity index is 150. The van der Waals surface area contributed by atoms with Gasteiger partial charge in [0, 0.05) is 0 Å². The fourth-order valence-corrected chi connectivity index (χ4v) is 3.11. The van der Waals surface area contributed by atoms with Gasteiger partial charge in [-0.3, -0.25) is 0 Å². The van der Waals surface area contributed by atoms with E-state index in [0.29, 0.717) is 0 Å². The summed E-state index contributed by atoms with van der Waals surface area (Å²) in [7, 11) is 0. The van der Waals surface area contributed by atoms with E-state index in [4.69, 9.17) is 5.73 Å². The molecule has 0 amide bonds. The normalized spacial score (nSPS) is 17.5. The van der Waals surface area contributed by atoms with Gasteiger partial charge in [-0.25, -0.2) is 0 Å². The number of nitrogens with two attached hydrogens (primary N) is 1. The number of hydrogen-bond donors (Lipinski definition) is 1. The Hall–Kier alpha value is -0.0400. The maximum atomic E-state index is 5.48. The molecule has 0 aromatic rings. The molecule has 0 aromatic carbocycles. The van der Waals surface area contributed by atoms with Crippen molar-refractivity contribution in [2.75, 3.05) is 6.54 Å². The second-order valence-corrected chi connectivity index (χ2v) is 5.91. The summed E-state index contributed by atoms with van der Waals surface area (Å²) >= 11 is 0. The molecule has 1 saturated carbocycles. The van der Waals surface area contributed by atoms with Gasteiger partial charge < -0.3 is 5.73 Å². The van der Waals surface area contributed by atoms with E-state index in [2.05, 4.69) is 0 Å². The van der Waals surface area contributed by atoms with Crippen molar-refractivity contribution < 1.29 is 0 Å². The second kappa shape index (κ2) is 11.1. The van der Waals surface area contributed by atoms with Gasteiger partial charge in [0.25, 0.3) is 0 Å². The van der Waals surface area contributed by atoms with Crippen LogP contribution in [0.25, 0.3) is 0 Å². The Morgan fingerprint density at radius 3 is 1.76 bits per heavy atom. The van der Waals surface area contributed by atoms with Crippen molar-refractivity contribution in [1.29, 1.82) is 0 Å². The van der Waals surface area contributed by atoms with Crippen molar-refractivity contribution >= 4 is 0 Å². The lowest BCUT2D eigenvalue weighted by atomic mass is 9.85. The molecule has 102 valence electrons. The van der Waals surface area contributed by atoms with E-state index >= 15 is 0 Å². The highest BCUT2D eigenvalue weighted by Crippen LogP contribution is 2.28. The number of rotatable bonds is 10. The summed E-state index contributed by atoms with van der Waals surface area (Å²) in [6, 6.07) is 0. The van der Waals surface area contributed by atoms with E-state index in [1.807, 2.05) is 0 Å². The fourth-order valence-electron chi connectivity index (χ4n) is 3.11. The molecule has 0 aliphatic heterocycles. The summed E-state index contributed by atoms with van der Waals surface area (Å²) in [6.07, 6.45) is 20.4. The first-order valence-electron chi connectivity index (χ1n) is 8.13. The minimum atomic E-state index is 0.876.